The minimum Gasteiger partial charge on any atom is -0.481 e. The average Bonchev–Trinajstić information content (AvgIpc) is 3.00. The van der Waals surface area contributed by atoms with Crippen LogP contribution in [0.5, 0.6) is 0 Å². The first kappa shape index (κ1) is 17.2. The number of carboxylic acids is 1. The van der Waals surface area contributed by atoms with Gasteiger partial charge in [-0.25, -0.2) is 4.72 Å². The molecule has 0 aromatic heterocycles. The van der Waals surface area contributed by atoms with Gasteiger partial charge in [0, 0.05) is 24.7 Å². The van der Waals surface area contributed by atoms with Gasteiger partial charge in [0.15, 0.2) is 0 Å². The molecule has 1 saturated heterocycles. The third-order valence-corrected chi connectivity index (χ3v) is 5.49. The van der Waals surface area contributed by atoms with E-state index in [-0.39, 0.29) is 13.0 Å². The Morgan fingerprint density at radius 2 is 1.86 bits per heavy atom. The van der Waals surface area contributed by atoms with E-state index in [1.807, 2.05) is 0 Å². The maximum absolute atomic E-state index is 12.1. The lowest BCUT2D eigenvalue weighted by atomic mass is 10.00. The van der Waals surface area contributed by atoms with Gasteiger partial charge in [-0.1, -0.05) is 23.7 Å². The Morgan fingerprint density at radius 3 is 2.41 bits per heavy atom. The number of rotatable bonds is 7. The molecule has 0 bridgehead atoms. The van der Waals surface area contributed by atoms with Crippen LogP contribution in [0.1, 0.15) is 18.4 Å². The molecule has 6 nitrogen and oxygen atoms in total. The number of halogens is 1. The molecule has 0 amide bonds. The zero-order valence-corrected chi connectivity index (χ0v) is 13.6. The van der Waals surface area contributed by atoms with Crippen molar-refractivity contribution in [3.05, 3.63) is 34.9 Å². The summed E-state index contributed by atoms with van der Waals surface area (Å²) in [7, 11) is -3.59. The topological polar surface area (TPSA) is 86.7 Å². The Hall–Kier alpha value is -1.15. The highest BCUT2D eigenvalue weighted by Gasteiger charge is 2.27. The number of hydrogen-bond acceptors (Lipinski definition) is 3. The predicted molar refractivity (Wildman–Crippen MR) is 84.0 cm³/mol. The summed E-state index contributed by atoms with van der Waals surface area (Å²) >= 11 is 5.79. The van der Waals surface area contributed by atoms with Crippen LogP contribution in [0.2, 0.25) is 5.02 Å². The Kier molecular flexibility index (Phi) is 5.80. The molecule has 1 aliphatic rings. The monoisotopic (exact) mass is 346 g/mol. The van der Waals surface area contributed by atoms with Crippen LogP contribution in [0.4, 0.5) is 0 Å². The number of benzene rings is 1. The average molecular weight is 347 g/mol. The minimum atomic E-state index is -3.59. The van der Waals surface area contributed by atoms with Gasteiger partial charge in [-0.3, -0.25) is 4.79 Å². The minimum absolute atomic E-state index is 0.128. The van der Waals surface area contributed by atoms with Crippen molar-refractivity contribution in [2.24, 2.45) is 5.92 Å². The fraction of sp³-hybridized carbons (Fsp3) is 0.500. The zero-order chi connectivity index (χ0) is 16.2. The summed E-state index contributed by atoms with van der Waals surface area (Å²) in [6, 6.07) is 6.86. The Bertz CT molecular complexity index is 612. The van der Waals surface area contributed by atoms with Crippen LogP contribution >= 0.6 is 11.6 Å². The van der Waals surface area contributed by atoms with E-state index < -0.39 is 22.1 Å². The number of hydrogen-bond donors (Lipinski definition) is 2. The van der Waals surface area contributed by atoms with Gasteiger partial charge >= 0.3 is 5.97 Å². The van der Waals surface area contributed by atoms with Crippen LogP contribution in [-0.2, 0) is 21.4 Å². The number of nitrogens with one attached hydrogen (secondary N) is 1. The summed E-state index contributed by atoms with van der Waals surface area (Å²) < 4.78 is 27.9. The smallest absolute Gasteiger partial charge is 0.308 e. The molecule has 0 spiro atoms. The quantitative estimate of drug-likeness (QED) is 0.783. The van der Waals surface area contributed by atoms with Crippen molar-refractivity contribution < 1.29 is 18.3 Å². The van der Waals surface area contributed by atoms with Crippen LogP contribution in [0.15, 0.2) is 24.3 Å². The first-order chi connectivity index (χ1) is 10.4. The fourth-order valence-corrected chi connectivity index (χ4v) is 3.84. The Morgan fingerprint density at radius 1 is 1.27 bits per heavy atom. The van der Waals surface area contributed by atoms with Crippen LogP contribution < -0.4 is 4.72 Å². The van der Waals surface area contributed by atoms with E-state index in [1.54, 1.807) is 24.3 Å². The van der Waals surface area contributed by atoms with Gasteiger partial charge in [0.25, 0.3) is 10.2 Å². The molecule has 1 fully saturated rings. The number of nitrogens with zero attached hydrogens (tertiary/aromatic N) is 1. The zero-order valence-electron chi connectivity index (χ0n) is 12.0. The summed E-state index contributed by atoms with van der Waals surface area (Å²) in [5.74, 6) is -1.85. The molecule has 1 aliphatic heterocycles. The van der Waals surface area contributed by atoms with Gasteiger partial charge in [0.05, 0.1) is 5.92 Å². The Labute approximate surface area is 135 Å². The van der Waals surface area contributed by atoms with Crippen molar-refractivity contribution in [3.8, 4) is 0 Å². The fourth-order valence-electron chi connectivity index (χ4n) is 2.38. The molecule has 0 saturated carbocycles. The van der Waals surface area contributed by atoms with Crippen molar-refractivity contribution in [1.82, 2.24) is 9.03 Å². The van der Waals surface area contributed by atoms with Crippen molar-refractivity contribution in [2.45, 2.75) is 19.3 Å². The van der Waals surface area contributed by atoms with Gasteiger partial charge in [-0.2, -0.15) is 12.7 Å². The molecule has 2 N–H and O–H groups in total. The lowest BCUT2D eigenvalue weighted by molar-refractivity contribution is -0.141. The second kappa shape index (κ2) is 7.41. The van der Waals surface area contributed by atoms with Crippen LogP contribution in [0.25, 0.3) is 0 Å². The number of aliphatic carboxylic acids is 1. The van der Waals surface area contributed by atoms with Crippen molar-refractivity contribution in [2.75, 3.05) is 19.6 Å². The third-order valence-electron chi connectivity index (χ3n) is 3.66. The van der Waals surface area contributed by atoms with Gasteiger partial charge < -0.3 is 5.11 Å². The normalized spacial score (nSPS) is 17.5. The molecule has 0 radical (unpaired) electrons. The highest BCUT2D eigenvalue weighted by molar-refractivity contribution is 7.87. The molecule has 122 valence electrons. The maximum atomic E-state index is 12.1. The van der Waals surface area contributed by atoms with Gasteiger partial charge in [-0.15, -0.1) is 0 Å². The van der Waals surface area contributed by atoms with Gasteiger partial charge in [0.2, 0.25) is 0 Å². The van der Waals surface area contributed by atoms with E-state index in [0.29, 0.717) is 18.1 Å². The molecule has 2 rings (SSSR count). The highest BCUT2D eigenvalue weighted by atomic mass is 35.5. The summed E-state index contributed by atoms with van der Waals surface area (Å²) in [5.41, 5.74) is 0.803. The molecule has 1 aromatic carbocycles. The molecule has 0 aliphatic carbocycles. The third kappa shape index (κ3) is 4.67. The van der Waals surface area contributed by atoms with Crippen LogP contribution in [0.3, 0.4) is 0 Å². The molecule has 1 heterocycles. The van der Waals surface area contributed by atoms with Gasteiger partial charge in [0.1, 0.15) is 0 Å². The second-order valence-electron chi connectivity index (χ2n) is 5.33. The first-order valence-corrected chi connectivity index (χ1v) is 8.92. The number of carboxylic acid groups (broad SMARTS) is 1. The standard InChI is InChI=1S/C14H19ClN2O4S/c15-13-5-3-11(4-6-13)9-12(14(18)19)10-16-22(20,21)17-7-1-2-8-17/h3-6,12,16H,1-2,7-10H2,(H,18,19). The molecular weight excluding hydrogens is 328 g/mol. The molecule has 22 heavy (non-hydrogen) atoms. The number of carbonyl (C=O) groups is 1. The lowest BCUT2D eigenvalue weighted by Crippen LogP contribution is -2.42. The van der Waals surface area contributed by atoms with Gasteiger partial charge in [-0.05, 0) is 37.0 Å². The molecular formula is C14H19ClN2O4S. The van der Waals surface area contributed by atoms with Crippen molar-refractivity contribution in [3.63, 3.8) is 0 Å². The van der Waals surface area contributed by atoms with E-state index in [9.17, 15) is 18.3 Å². The van der Waals surface area contributed by atoms with E-state index in [0.717, 1.165) is 18.4 Å². The van der Waals surface area contributed by atoms with Crippen molar-refractivity contribution >= 4 is 27.8 Å². The summed E-state index contributed by atoms with van der Waals surface area (Å²) in [4.78, 5) is 11.3. The molecule has 8 heteroatoms. The molecule has 1 aromatic rings. The van der Waals surface area contributed by atoms with E-state index >= 15 is 0 Å². The lowest BCUT2D eigenvalue weighted by Gasteiger charge is -2.18. The Balaban J connectivity index is 1.97. The maximum Gasteiger partial charge on any atom is 0.308 e. The summed E-state index contributed by atoms with van der Waals surface area (Å²) in [5, 5.41) is 9.85. The predicted octanol–water partition coefficient (Wildman–Crippen LogP) is 1.51. The summed E-state index contributed by atoms with van der Waals surface area (Å²) in [6.45, 7) is 0.852. The first-order valence-electron chi connectivity index (χ1n) is 7.10. The molecule has 1 unspecified atom stereocenters. The van der Waals surface area contributed by atoms with E-state index in [2.05, 4.69) is 4.72 Å². The second-order valence-corrected chi connectivity index (χ2v) is 7.52. The SMILES string of the molecule is O=C(O)C(CNS(=O)(=O)N1CCCC1)Cc1ccc(Cl)cc1. The van der Waals surface area contributed by atoms with Crippen LogP contribution in [-0.4, -0.2) is 43.4 Å². The van der Waals surface area contributed by atoms with E-state index in [4.69, 9.17) is 11.6 Å². The van der Waals surface area contributed by atoms with E-state index in [1.165, 1.54) is 4.31 Å². The van der Waals surface area contributed by atoms with Crippen LogP contribution in [0, 0.1) is 5.92 Å². The highest BCUT2D eigenvalue weighted by Crippen LogP contribution is 2.15. The summed E-state index contributed by atoms with van der Waals surface area (Å²) in [6.07, 6.45) is 1.93. The largest absolute Gasteiger partial charge is 0.481 e. The van der Waals surface area contributed by atoms with Crippen molar-refractivity contribution in [1.29, 1.82) is 0 Å². The molecule has 1 atom stereocenters.